The number of halogens is 1. The molecule has 0 saturated heterocycles. The van der Waals surface area contributed by atoms with E-state index in [9.17, 15) is 8.76 Å². The first-order chi connectivity index (χ1) is 5.11. The lowest BCUT2D eigenvalue weighted by molar-refractivity contribution is 0.537. The van der Waals surface area contributed by atoms with Crippen LogP contribution in [0.2, 0.25) is 5.02 Å². The number of hydrogen-bond donors (Lipinski definition) is 1. The summed E-state index contributed by atoms with van der Waals surface area (Å²) in [6, 6.07) is 4.15. The highest BCUT2D eigenvalue weighted by Crippen LogP contribution is 2.20. The summed E-state index contributed by atoms with van der Waals surface area (Å²) in [6.07, 6.45) is 0. The first-order valence-corrected chi connectivity index (χ1v) is 4.21. The number of benzene rings is 1. The van der Waals surface area contributed by atoms with E-state index in [1.54, 1.807) is 0 Å². The van der Waals surface area contributed by atoms with Crippen LogP contribution in [0.5, 0.6) is 0 Å². The molecule has 0 spiro atoms. The predicted octanol–water partition coefficient (Wildman–Crippen LogP) is 1.16. The number of hydrogen-bond acceptors (Lipinski definition) is 3. The monoisotopic (exact) mass is 190 g/mol. The third-order valence-electron chi connectivity index (χ3n) is 1.16. The van der Waals surface area contributed by atoms with Crippen molar-refractivity contribution in [3.05, 3.63) is 23.2 Å². The zero-order chi connectivity index (χ0) is 8.43. The molecule has 1 aromatic rings. The van der Waals surface area contributed by atoms with Gasteiger partial charge < -0.3 is 10.3 Å². The summed E-state index contributed by atoms with van der Waals surface area (Å²) in [5, 5.41) is 0.256. The maximum atomic E-state index is 10.4. The second kappa shape index (κ2) is 3.21. The molecule has 11 heavy (non-hydrogen) atoms. The zero-order valence-corrected chi connectivity index (χ0v) is 6.98. The Hall–Kier alpha value is -0.580. The van der Waals surface area contributed by atoms with Crippen molar-refractivity contribution in [1.82, 2.24) is 0 Å². The minimum Gasteiger partial charge on any atom is -0.768 e. The van der Waals surface area contributed by atoms with Gasteiger partial charge in [0.15, 0.2) is 0 Å². The lowest BCUT2D eigenvalue weighted by Gasteiger charge is -2.05. The molecule has 0 bridgehead atoms. The summed E-state index contributed by atoms with van der Waals surface area (Å²) in [5.41, 5.74) is 5.73. The van der Waals surface area contributed by atoms with E-state index in [4.69, 9.17) is 17.3 Å². The molecular weight excluding hydrogens is 186 g/mol. The van der Waals surface area contributed by atoms with Gasteiger partial charge in [-0.05, 0) is 29.3 Å². The standard InChI is InChI=1S/C6H6ClNO2S/c7-5-3-4(11(9)10)1-2-6(5)8/h1-3H,8H2,(H,9,10)/p-1. The Bertz CT molecular complexity index is 303. The summed E-state index contributed by atoms with van der Waals surface area (Å²) >= 11 is 3.32. The fourth-order valence-electron chi connectivity index (χ4n) is 0.612. The third-order valence-corrected chi connectivity index (χ3v) is 2.13. The first-order valence-electron chi connectivity index (χ1n) is 2.75. The highest BCUT2D eigenvalue weighted by molar-refractivity contribution is 7.79. The first kappa shape index (κ1) is 8.52. The minimum atomic E-state index is -2.24. The van der Waals surface area contributed by atoms with Crippen molar-refractivity contribution in [2.24, 2.45) is 0 Å². The van der Waals surface area contributed by atoms with Crippen LogP contribution in [0.15, 0.2) is 23.1 Å². The Kier molecular flexibility index (Phi) is 2.49. The maximum Gasteiger partial charge on any atom is 0.0647 e. The molecule has 60 valence electrons. The van der Waals surface area contributed by atoms with Gasteiger partial charge in [-0.3, -0.25) is 4.21 Å². The van der Waals surface area contributed by atoms with E-state index >= 15 is 0 Å². The molecule has 1 unspecified atom stereocenters. The van der Waals surface area contributed by atoms with Crippen LogP contribution in [0.25, 0.3) is 0 Å². The minimum absolute atomic E-state index is 0.143. The molecule has 3 nitrogen and oxygen atoms in total. The summed E-state index contributed by atoms with van der Waals surface area (Å²) in [5.74, 6) is 0. The molecule has 0 saturated carbocycles. The second-order valence-corrected chi connectivity index (χ2v) is 3.27. The van der Waals surface area contributed by atoms with Gasteiger partial charge in [-0.25, -0.2) is 0 Å². The molecule has 0 amide bonds. The molecule has 1 aromatic carbocycles. The van der Waals surface area contributed by atoms with Gasteiger partial charge in [0.1, 0.15) is 0 Å². The van der Waals surface area contributed by atoms with E-state index in [2.05, 4.69) is 0 Å². The number of nitrogens with two attached hydrogens (primary N) is 1. The van der Waals surface area contributed by atoms with Gasteiger partial charge in [0.2, 0.25) is 0 Å². The van der Waals surface area contributed by atoms with Crippen molar-refractivity contribution in [2.75, 3.05) is 5.73 Å². The van der Waals surface area contributed by atoms with E-state index in [1.165, 1.54) is 18.2 Å². The largest absolute Gasteiger partial charge is 0.768 e. The molecule has 0 aliphatic rings. The van der Waals surface area contributed by atoms with Gasteiger partial charge in [-0.2, -0.15) is 0 Å². The van der Waals surface area contributed by atoms with Crippen LogP contribution in [0.3, 0.4) is 0 Å². The highest BCUT2D eigenvalue weighted by Gasteiger charge is 1.97. The van der Waals surface area contributed by atoms with Crippen molar-refractivity contribution in [2.45, 2.75) is 4.90 Å². The maximum absolute atomic E-state index is 10.4. The summed E-state index contributed by atoms with van der Waals surface area (Å²) in [6.45, 7) is 0. The topological polar surface area (TPSA) is 66.2 Å². The summed E-state index contributed by atoms with van der Waals surface area (Å²) in [4.78, 5) is 0.143. The van der Waals surface area contributed by atoms with Crippen LogP contribution in [-0.4, -0.2) is 8.76 Å². The lowest BCUT2D eigenvalue weighted by Crippen LogP contribution is -1.91. The SMILES string of the molecule is Nc1ccc(S(=O)[O-])cc1Cl. The zero-order valence-electron chi connectivity index (χ0n) is 5.41. The number of anilines is 1. The average Bonchev–Trinajstić information content (AvgIpc) is 1.94. The van der Waals surface area contributed by atoms with E-state index in [0.717, 1.165) is 0 Å². The Labute approximate surface area is 71.5 Å². The molecule has 1 rings (SSSR count). The van der Waals surface area contributed by atoms with Crippen LogP contribution in [-0.2, 0) is 11.1 Å². The highest BCUT2D eigenvalue weighted by atomic mass is 35.5. The average molecular weight is 191 g/mol. The van der Waals surface area contributed by atoms with E-state index in [-0.39, 0.29) is 9.92 Å². The second-order valence-electron chi connectivity index (χ2n) is 1.92. The Morgan fingerprint density at radius 2 is 2.18 bits per heavy atom. The van der Waals surface area contributed by atoms with Crippen molar-refractivity contribution < 1.29 is 8.76 Å². The molecule has 2 N–H and O–H groups in total. The van der Waals surface area contributed by atoms with Gasteiger partial charge in [0.25, 0.3) is 0 Å². The lowest BCUT2D eigenvalue weighted by atomic mass is 10.3. The molecule has 0 aromatic heterocycles. The molecule has 0 heterocycles. The Morgan fingerprint density at radius 1 is 1.55 bits per heavy atom. The summed E-state index contributed by atoms with van der Waals surface area (Å²) in [7, 11) is 0. The van der Waals surface area contributed by atoms with Gasteiger partial charge in [-0.1, -0.05) is 11.6 Å². The van der Waals surface area contributed by atoms with E-state index < -0.39 is 11.1 Å². The van der Waals surface area contributed by atoms with Crippen molar-refractivity contribution in [3.63, 3.8) is 0 Å². The predicted molar refractivity (Wildman–Crippen MR) is 43.1 cm³/mol. The van der Waals surface area contributed by atoms with E-state index in [0.29, 0.717) is 5.69 Å². The van der Waals surface area contributed by atoms with Gasteiger partial charge in [-0.15, -0.1) is 0 Å². The van der Waals surface area contributed by atoms with E-state index in [1.807, 2.05) is 0 Å². The van der Waals surface area contributed by atoms with Crippen LogP contribution in [0.1, 0.15) is 0 Å². The Balaban J connectivity index is 3.15. The normalized spacial score (nSPS) is 12.9. The summed E-state index contributed by atoms with van der Waals surface area (Å²) < 4.78 is 20.7. The smallest absolute Gasteiger partial charge is 0.0647 e. The third kappa shape index (κ3) is 1.92. The molecule has 5 heteroatoms. The molecule has 0 aliphatic carbocycles. The fourth-order valence-corrected chi connectivity index (χ4v) is 1.25. The molecule has 0 fully saturated rings. The van der Waals surface area contributed by atoms with Crippen molar-refractivity contribution >= 4 is 28.4 Å². The van der Waals surface area contributed by atoms with Crippen molar-refractivity contribution in [3.8, 4) is 0 Å². The fraction of sp³-hybridized carbons (Fsp3) is 0. The molecule has 1 atom stereocenters. The van der Waals surface area contributed by atoms with Crippen LogP contribution < -0.4 is 5.73 Å². The van der Waals surface area contributed by atoms with Gasteiger partial charge >= 0.3 is 0 Å². The van der Waals surface area contributed by atoms with Gasteiger partial charge in [0.05, 0.1) is 10.7 Å². The van der Waals surface area contributed by atoms with Crippen LogP contribution >= 0.6 is 11.6 Å². The molecular formula is C6H5ClNO2S-. The number of nitrogen functional groups attached to an aromatic ring is 1. The van der Waals surface area contributed by atoms with Crippen LogP contribution in [0, 0.1) is 0 Å². The van der Waals surface area contributed by atoms with Crippen LogP contribution in [0.4, 0.5) is 5.69 Å². The van der Waals surface area contributed by atoms with Gasteiger partial charge in [0, 0.05) is 4.90 Å². The Morgan fingerprint density at radius 3 is 2.64 bits per heavy atom. The number of rotatable bonds is 1. The van der Waals surface area contributed by atoms with Crippen molar-refractivity contribution in [1.29, 1.82) is 0 Å². The quantitative estimate of drug-likeness (QED) is 0.534. The molecule has 0 aliphatic heterocycles. The molecule has 0 radical (unpaired) electrons.